The normalized spacial score (nSPS) is 10.8. The van der Waals surface area contributed by atoms with Crippen molar-refractivity contribution >= 4 is 22.2 Å². The van der Waals surface area contributed by atoms with E-state index in [-0.39, 0.29) is 5.56 Å². The van der Waals surface area contributed by atoms with Gasteiger partial charge in [-0.25, -0.2) is 4.98 Å². The summed E-state index contributed by atoms with van der Waals surface area (Å²) >= 11 is 1.61. The molecule has 0 spiro atoms. The molecule has 0 amide bonds. The molecule has 0 saturated carbocycles. The number of aromatic nitrogens is 2. The number of hydrogen-bond donors (Lipinski definition) is 0. The van der Waals surface area contributed by atoms with Gasteiger partial charge < -0.3 is 9.47 Å². The Balaban J connectivity index is 2.13. The monoisotopic (exact) mass is 302 g/mol. The van der Waals surface area contributed by atoms with Crippen molar-refractivity contribution in [3.05, 3.63) is 51.2 Å². The minimum atomic E-state index is -0.0906. The quantitative estimate of drug-likeness (QED) is 0.743. The highest BCUT2D eigenvalue weighted by atomic mass is 32.1. The van der Waals surface area contributed by atoms with Gasteiger partial charge >= 0.3 is 0 Å². The van der Waals surface area contributed by atoms with Crippen molar-refractivity contribution in [2.75, 3.05) is 14.2 Å². The van der Waals surface area contributed by atoms with Crippen LogP contribution in [0.3, 0.4) is 0 Å². The first-order chi connectivity index (χ1) is 10.2. The van der Waals surface area contributed by atoms with Crippen LogP contribution in [0.15, 0.2) is 40.1 Å². The van der Waals surface area contributed by atoms with E-state index in [0.717, 1.165) is 5.56 Å². The van der Waals surface area contributed by atoms with Gasteiger partial charge in [0.1, 0.15) is 0 Å². The van der Waals surface area contributed by atoms with Crippen LogP contribution >= 0.6 is 11.3 Å². The van der Waals surface area contributed by atoms with E-state index in [9.17, 15) is 4.79 Å². The van der Waals surface area contributed by atoms with E-state index in [4.69, 9.17) is 9.47 Å². The van der Waals surface area contributed by atoms with Crippen molar-refractivity contribution in [3.8, 4) is 11.5 Å². The van der Waals surface area contributed by atoms with Gasteiger partial charge in [-0.05, 0) is 28.5 Å². The highest BCUT2D eigenvalue weighted by molar-refractivity contribution is 7.07. The Kier molecular flexibility index (Phi) is 3.62. The Hall–Kier alpha value is -2.34. The molecular weight excluding hydrogens is 288 g/mol. The molecule has 0 aliphatic rings. The smallest absolute Gasteiger partial charge is 0.261 e. The van der Waals surface area contributed by atoms with Gasteiger partial charge in [0.2, 0.25) is 0 Å². The lowest BCUT2D eigenvalue weighted by Gasteiger charge is -2.10. The lowest BCUT2D eigenvalue weighted by Crippen LogP contribution is -2.21. The molecule has 0 bridgehead atoms. The molecule has 2 heterocycles. The van der Waals surface area contributed by atoms with E-state index in [1.165, 1.54) is 0 Å². The first kappa shape index (κ1) is 13.6. The average Bonchev–Trinajstić information content (AvgIpc) is 3.02. The fourth-order valence-electron chi connectivity index (χ4n) is 2.18. The predicted molar refractivity (Wildman–Crippen MR) is 82.5 cm³/mol. The maximum Gasteiger partial charge on any atom is 0.261 e. The summed E-state index contributed by atoms with van der Waals surface area (Å²) < 4.78 is 12.1. The van der Waals surface area contributed by atoms with E-state index in [2.05, 4.69) is 4.98 Å². The van der Waals surface area contributed by atoms with Crippen molar-refractivity contribution < 1.29 is 9.47 Å². The van der Waals surface area contributed by atoms with Crippen molar-refractivity contribution in [2.45, 2.75) is 6.54 Å². The minimum Gasteiger partial charge on any atom is -0.493 e. The topological polar surface area (TPSA) is 53.4 Å². The van der Waals surface area contributed by atoms with Crippen molar-refractivity contribution in [1.29, 1.82) is 0 Å². The Morgan fingerprint density at radius 2 is 2.00 bits per heavy atom. The molecule has 0 N–H and O–H groups in total. The summed E-state index contributed by atoms with van der Waals surface area (Å²) in [5.41, 5.74) is 1.59. The summed E-state index contributed by atoms with van der Waals surface area (Å²) in [5, 5.41) is 4.53. The summed E-state index contributed by atoms with van der Waals surface area (Å²) in [6, 6.07) is 5.38. The number of rotatable bonds is 4. The lowest BCUT2D eigenvalue weighted by atomic mass is 10.2. The van der Waals surface area contributed by atoms with Gasteiger partial charge in [0, 0.05) is 6.07 Å². The molecule has 0 aliphatic carbocycles. The van der Waals surface area contributed by atoms with Gasteiger partial charge in [0.05, 0.1) is 38.0 Å². The third-order valence-electron chi connectivity index (χ3n) is 3.26. The molecule has 1 aromatic carbocycles. The van der Waals surface area contributed by atoms with Gasteiger partial charge in [-0.2, -0.15) is 11.3 Å². The fourth-order valence-corrected chi connectivity index (χ4v) is 2.84. The summed E-state index contributed by atoms with van der Waals surface area (Å²) in [7, 11) is 3.10. The van der Waals surface area contributed by atoms with E-state index in [1.54, 1.807) is 48.6 Å². The Labute approximate surface area is 125 Å². The van der Waals surface area contributed by atoms with E-state index >= 15 is 0 Å². The molecule has 2 aromatic heterocycles. The SMILES string of the molecule is COc1cc2ncn(Cc3ccsc3)c(=O)c2cc1OC. The Morgan fingerprint density at radius 1 is 1.24 bits per heavy atom. The van der Waals surface area contributed by atoms with Crippen molar-refractivity contribution in [1.82, 2.24) is 9.55 Å². The molecule has 0 aliphatic heterocycles. The molecule has 5 nitrogen and oxygen atoms in total. The largest absolute Gasteiger partial charge is 0.493 e. The molecule has 0 unspecified atom stereocenters. The predicted octanol–water partition coefficient (Wildman–Crippen LogP) is 2.52. The van der Waals surface area contributed by atoms with Gasteiger partial charge in [-0.1, -0.05) is 0 Å². The number of nitrogens with zero attached hydrogens (tertiary/aromatic N) is 2. The highest BCUT2D eigenvalue weighted by Gasteiger charge is 2.11. The first-order valence-corrected chi connectivity index (χ1v) is 7.29. The zero-order chi connectivity index (χ0) is 14.8. The van der Waals surface area contributed by atoms with Gasteiger partial charge in [0.25, 0.3) is 5.56 Å². The van der Waals surface area contributed by atoms with Gasteiger partial charge in [-0.3, -0.25) is 9.36 Å². The molecule has 0 saturated heterocycles. The van der Waals surface area contributed by atoms with Crippen LogP contribution in [0.5, 0.6) is 11.5 Å². The van der Waals surface area contributed by atoms with Crippen LogP contribution < -0.4 is 15.0 Å². The third kappa shape index (κ3) is 2.50. The molecule has 3 rings (SSSR count). The van der Waals surface area contributed by atoms with Crippen LogP contribution in [0.2, 0.25) is 0 Å². The second-order valence-electron chi connectivity index (χ2n) is 4.53. The summed E-state index contributed by atoms with van der Waals surface area (Å²) in [4.78, 5) is 16.9. The van der Waals surface area contributed by atoms with Crippen LogP contribution in [0.4, 0.5) is 0 Å². The number of methoxy groups -OCH3 is 2. The molecule has 0 atom stereocenters. The number of ether oxygens (including phenoxy) is 2. The second kappa shape index (κ2) is 5.57. The molecule has 108 valence electrons. The maximum atomic E-state index is 12.6. The van der Waals surface area contributed by atoms with Gasteiger partial charge in [-0.15, -0.1) is 0 Å². The highest BCUT2D eigenvalue weighted by Crippen LogP contribution is 2.29. The standard InChI is InChI=1S/C15H14N2O3S/c1-19-13-5-11-12(6-14(13)20-2)16-9-17(15(11)18)7-10-3-4-21-8-10/h3-6,8-9H,7H2,1-2H3. The van der Waals surface area contributed by atoms with Crippen molar-refractivity contribution in [2.24, 2.45) is 0 Å². The zero-order valence-electron chi connectivity index (χ0n) is 11.7. The van der Waals surface area contributed by atoms with Crippen LogP contribution in [0, 0.1) is 0 Å². The molecule has 0 fully saturated rings. The maximum absolute atomic E-state index is 12.6. The minimum absolute atomic E-state index is 0.0906. The number of thiophene rings is 1. The van der Waals surface area contributed by atoms with Crippen LogP contribution in [0.25, 0.3) is 10.9 Å². The number of benzene rings is 1. The fraction of sp³-hybridized carbons (Fsp3) is 0.200. The van der Waals surface area contributed by atoms with E-state index < -0.39 is 0 Å². The Bertz CT molecular complexity index is 825. The average molecular weight is 302 g/mol. The second-order valence-corrected chi connectivity index (χ2v) is 5.31. The summed E-state index contributed by atoms with van der Waals surface area (Å²) in [6.07, 6.45) is 1.56. The van der Waals surface area contributed by atoms with Gasteiger partial charge in [0.15, 0.2) is 11.5 Å². The lowest BCUT2D eigenvalue weighted by molar-refractivity contribution is 0.355. The molecule has 6 heteroatoms. The molecular formula is C15H14N2O3S. The third-order valence-corrected chi connectivity index (χ3v) is 3.99. The molecule has 3 aromatic rings. The molecule has 0 radical (unpaired) electrons. The van der Waals surface area contributed by atoms with Crippen LogP contribution in [0.1, 0.15) is 5.56 Å². The van der Waals surface area contributed by atoms with Crippen LogP contribution in [-0.2, 0) is 6.54 Å². The molecule has 21 heavy (non-hydrogen) atoms. The summed E-state index contributed by atoms with van der Waals surface area (Å²) in [5.74, 6) is 1.09. The number of fused-ring (bicyclic) bond motifs is 1. The summed E-state index contributed by atoms with van der Waals surface area (Å²) in [6.45, 7) is 0.514. The Morgan fingerprint density at radius 3 is 2.67 bits per heavy atom. The first-order valence-electron chi connectivity index (χ1n) is 6.35. The van der Waals surface area contributed by atoms with Crippen molar-refractivity contribution in [3.63, 3.8) is 0 Å². The number of hydrogen-bond acceptors (Lipinski definition) is 5. The van der Waals surface area contributed by atoms with E-state index in [0.29, 0.717) is 28.9 Å². The zero-order valence-corrected chi connectivity index (χ0v) is 12.5. The van der Waals surface area contributed by atoms with Crippen LogP contribution in [-0.4, -0.2) is 23.8 Å². The van der Waals surface area contributed by atoms with E-state index in [1.807, 2.05) is 16.8 Å².